The van der Waals surface area contributed by atoms with Crippen LogP contribution in [0.25, 0.3) is 0 Å². The molecule has 1 saturated carbocycles. The molecule has 5 heteroatoms. The molecule has 1 N–H and O–H groups in total. The van der Waals surface area contributed by atoms with Crippen molar-refractivity contribution in [2.45, 2.75) is 51.0 Å². The minimum atomic E-state index is 0.132. The fraction of sp³-hybridized carbons (Fsp3) is 0.636. The molecule has 1 aromatic rings. The molecule has 0 aromatic heterocycles. The van der Waals surface area contributed by atoms with Crippen LogP contribution in [0.4, 0.5) is 0 Å². The van der Waals surface area contributed by atoms with Crippen molar-refractivity contribution in [2.24, 2.45) is 5.92 Å². The average molecular weight is 370 g/mol. The number of benzene rings is 1. The number of hydrogen-bond donors (Lipinski definition) is 1. The highest BCUT2D eigenvalue weighted by molar-refractivity contribution is 5.83. The van der Waals surface area contributed by atoms with Crippen molar-refractivity contribution in [1.82, 2.24) is 15.1 Å². The molecule has 2 heterocycles. The number of likely N-dealkylation sites (tertiary alicyclic amines) is 1. The number of hydrogen-bond acceptors (Lipinski definition) is 3. The minimum Gasteiger partial charge on any atom is -0.340 e. The Bertz CT molecular complexity index is 700. The molecule has 3 atom stereocenters. The van der Waals surface area contributed by atoms with Gasteiger partial charge in [-0.15, -0.1) is 0 Å². The number of rotatable bonds is 4. The van der Waals surface area contributed by atoms with Crippen LogP contribution >= 0.6 is 0 Å². The molecule has 3 aliphatic rings. The van der Waals surface area contributed by atoms with Gasteiger partial charge in [-0.1, -0.05) is 38.1 Å². The van der Waals surface area contributed by atoms with Crippen molar-refractivity contribution in [3.8, 4) is 0 Å². The summed E-state index contributed by atoms with van der Waals surface area (Å²) in [4.78, 5) is 29.2. The lowest BCUT2D eigenvalue weighted by atomic mass is 9.99. The number of nitrogens with one attached hydrogen (secondary N) is 1. The van der Waals surface area contributed by atoms with E-state index in [9.17, 15) is 9.59 Å². The molecule has 4 rings (SSSR count). The fourth-order valence-corrected chi connectivity index (χ4v) is 4.62. The summed E-state index contributed by atoms with van der Waals surface area (Å²) in [5, 5.41) is 3.13. The van der Waals surface area contributed by atoms with E-state index in [-0.39, 0.29) is 17.9 Å². The summed E-state index contributed by atoms with van der Waals surface area (Å²) in [6.07, 6.45) is 2.97. The summed E-state index contributed by atoms with van der Waals surface area (Å²) in [6.45, 7) is 8.00. The van der Waals surface area contributed by atoms with Crippen molar-refractivity contribution in [1.29, 1.82) is 0 Å². The Hall–Kier alpha value is -1.88. The molecule has 27 heavy (non-hydrogen) atoms. The van der Waals surface area contributed by atoms with Crippen molar-refractivity contribution in [3.05, 3.63) is 35.4 Å². The highest BCUT2D eigenvalue weighted by atomic mass is 16.2. The Morgan fingerprint density at radius 2 is 1.96 bits per heavy atom. The lowest BCUT2D eigenvalue weighted by Gasteiger charge is -2.41. The molecule has 0 bridgehead atoms. The van der Waals surface area contributed by atoms with Gasteiger partial charge in [0.15, 0.2) is 0 Å². The maximum atomic E-state index is 13.0. The topological polar surface area (TPSA) is 52.7 Å². The summed E-state index contributed by atoms with van der Waals surface area (Å²) >= 11 is 0. The highest BCUT2D eigenvalue weighted by Crippen LogP contribution is 2.48. The standard InChI is InChI=1S/C22H31N3O2/c1-15(2)16-5-7-17(8-6-16)19-12-20(19)22(27)24-10-3-4-18(14-24)25-11-9-23-13-21(25)26/h5-8,15,18-20,23H,3-4,9-14H2,1-2H3. The lowest BCUT2D eigenvalue weighted by Crippen LogP contribution is -2.57. The second kappa shape index (κ2) is 7.63. The smallest absolute Gasteiger partial charge is 0.236 e. The molecular formula is C22H31N3O2. The fourth-order valence-electron chi connectivity index (χ4n) is 4.62. The molecule has 3 unspecified atom stereocenters. The van der Waals surface area contributed by atoms with Gasteiger partial charge in [0, 0.05) is 38.1 Å². The zero-order valence-corrected chi connectivity index (χ0v) is 16.5. The van der Waals surface area contributed by atoms with Gasteiger partial charge in [0.2, 0.25) is 11.8 Å². The Kier molecular flexibility index (Phi) is 5.22. The van der Waals surface area contributed by atoms with Crippen molar-refractivity contribution >= 4 is 11.8 Å². The summed E-state index contributed by atoms with van der Waals surface area (Å²) < 4.78 is 0. The van der Waals surface area contributed by atoms with Gasteiger partial charge in [-0.05, 0) is 42.2 Å². The van der Waals surface area contributed by atoms with Crippen LogP contribution in [0.5, 0.6) is 0 Å². The number of carbonyl (C=O) groups is 2. The first-order valence-corrected chi connectivity index (χ1v) is 10.4. The number of piperidine rings is 1. The van der Waals surface area contributed by atoms with E-state index in [1.807, 2.05) is 9.80 Å². The van der Waals surface area contributed by atoms with Crippen molar-refractivity contribution < 1.29 is 9.59 Å². The molecule has 2 aliphatic heterocycles. The Morgan fingerprint density at radius 3 is 2.67 bits per heavy atom. The van der Waals surface area contributed by atoms with Crippen LogP contribution in [0.3, 0.4) is 0 Å². The number of carbonyl (C=O) groups excluding carboxylic acids is 2. The van der Waals surface area contributed by atoms with Gasteiger partial charge < -0.3 is 15.1 Å². The molecule has 0 radical (unpaired) electrons. The Morgan fingerprint density at radius 1 is 1.19 bits per heavy atom. The predicted octanol–water partition coefficient (Wildman–Crippen LogP) is 2.34. The molecule has 1 aromatic carbocycles. The van der Waals surface area contributed by atoms with Gasteiger partial charge in [-0.2, -0.15) is 0 Å². The van der Waals surface area contributed by atoms with Gasteiger partial charge in [0.05, 0.1) is 6.54 Å². The molecule has 1 aliphatic carbocycles. The Labute approximate surface area is 162 Å². The molecular weight excluding hydrogens is 338 g/mol. The van der Waals surface area contributed by atoms with Crippen LogP contribution in [0.2, 0.25) is 0 Å². The third kappa shape index (κ3) is 3.88. The first-order chi connectivity index (χ1) is 13.0. The van der Waals surface area contributed by atoms with Crippen molar-refractivity contribution in [2.75, 3.05) is 32.7 Å². The summed E-state index contributed by atoms with van der Waals surface area (Å²) in [5.74, 6) is 1.51. The summed E-state index contributed by atoms with van der Waals surface area (Å²) in [5.41, 5.74) is 2.64. The van der Waals surface area contributed by atoms with Gasteiger partial charge >= 0.3 is 0 Å². The van der Waals surface area contributed by atoms with Crippen LogP contribution in [0.15, 0.2) is 24.3 Å². The van der Waals surface area contributed by atoms with Gasteiger partial charge in [-0.25, -0.2) is 0 Å². The normalized spacial score (nSPS) is 28.6. The first-order valence-electron chi connectivity index (χ1n) is 10.4. The van der Waals surface area contributed by atoms with E-state index < -0.39 is 0 Å². The van der Waals surface area contributed by atoms with Crippen LogP contribution < -0.4 is 5.32 Å². The molecule has 5 nitrogen and oxygen atoms in total. The number of piperazine rings is 1. The third-order valence-electron chi connectivity index (χ3n) is 6.41. The zero-order chi connectivity index (χ0) is 19.0. The van der Waals surface area contributed by atoms with E-state index in [2.05, 4.69) is 43.4 Å². The summed E-state index contributed by atoms with van der Waals surface area (Å²) in [7, 11) is 0. The second-order valence-electron chi connectivity index (χ2n) is 8.61. The number of nitrogens with zero attached hydrogens (tertiary/aromatic N) is 2. The van der Waals surface area contributed by atoms with E-state index in [0.29, 0.717) is 30.8 Å². The largest absolute Gasteiger partial charge is 0.340 e. The minimum absolute atomic E-state index is 0.132. The zero-order valence-electron chi connectivity index (χ0n) is 16.5. The van der Waals surface area contributed by atoms with E-state index in [0.717, 1.165) is 38.9 Å². The predicted molar refractivity (Wildman–Crippen MR) is 106 cm³/mol. The third-order valence-corrected chi connectivity index (χ3v) is 6.41. The van der Waals surface area contributed by atoms with Gasteiger partial charge in [-0.3, -0.25) is 9.59 Å². The molecule has 146 valence electrons. The van der Waals surface area contributed by atoms with E-state index in [1.165, 1.54) is 11.1 Å². The second-order valence-corrected chi connectivity index (χ2v) is 8.61. The van der Waals surface area contributed by atoms with Crippen LogP contribution in [0.1, 0.15) is 56.1 Å². The van der Waals surface area contributed by atoms with E-state index in [4.69, 9.17) is 0 Å². The van der Waals surface area contributed by atoms with Crippen molar-refractivity contribution in [3.63, 3.8) is 0 Å². The molecule has 2 saturated heterocycles. The monoisotopic (exact) mass is 369 g/mol. The average Bonchev–Trinajstić information content (AvgIpc) is 3.49. The quantitative estimate of drug-likeness (QED) is 0.886. The van der Waals surface area contributed by atoms with Gasteiger partial charge in [0.1, 0.15) is 0 Å². The van der Waals surface area contributed by atoms with E-state index in [1.54, 1.807) is 0 Å². The van der Waals surface area contributed by atoms with Crippen LogP contribution in [0, 0.1) is 5.92 Å². The Balaban J connectivity index is 1.36. The molecule has 2 amide bonds. The maximum Gasteiger partial charge on any atom is 0.236 e. The maximum absolute atomic E-state index is 13.0. The molecule has 0 spiro atoms. The lowest BCUT2D eigenvalue weighted by molar-refractivity contribution is -0.141. The summed E-state index contributed by atoms with van der Waals surface area (Å²) in [6, 6.07) is 9.00. The molecule has 3 fully saturated rings. The van der Waals surface area contributed by atoms with Gasteiger partial charge in [0.25, 0.3) is 0 Å². The first kappa shape index (κ1) is 18.5. The van der Waals surface area contributed by atoms with Crippen LogP contribution in [-0.4, -0.2) is 60.4 Å². The van der Waals surface area contributed by atoms with E-state index >= 15 is 0 Å². The SMILES string of the molecule is CC(C)c1ccc(C2CC2C(=O)N2CCCC(N3CCNCC3=O)C2)cc1. The van der Waals surface area contributed by atoms with Crippen LogP contribution in [-0.2, 0) is 9.59 Å². The highest BCUT2D eigenvalue weighted by Gasteiger charge is 2.46. The number of amides is 2.